The molecule has 0 saturated carbocycles. The zero-order valence-electron chi connectivity index (χ0n) is 28.4. The third-order valence-electron chi connectivity index (χ3n) is 9.98. The molecular formula is C40H6F14N6. The van der Waals surface area contributed by atoms with E-state index in [1.54, 1.807) is 0 Å². The zero-order valence-corrected chi connectivity index (χ0v) is 28.4. The van der Waals surface area contributed by atoms with Gasteiger partial charge in [-0.05, 0) is 23.3 Å². The number of benzene rings is 6. The van der Waals surface area contributed by atoms with E-state index >= 15 is 26.3 Å². The highest BCUT2D eigenvalue weighted by molar-refractivity contribution is 6.16. The fourth-order valence-corrected chi connectivity index (χ4v) is 7.40. The molecular weight excluding hydrogens is 830 g/mol. The Morgan fingerprint density at radius 1 is 0.350 bits per heavy atom. The molecule has 0 aliphatic rings. The lowest BCUT2D eigenvalue weighted by Gasteiger charge is -2.13. The number of rotatable bonds is 2. The van der Waals surface area contributed by atoms with Crippen LogP contribution < -0.4 is 10.7 Å². The Kier molecular flexibility index (Phi) is 8.12. The maximum atomic E-state index is 15.8. The summed E-state index contributed by atoms with van der Waals surface area (Å²) >= 11 is 0. The fraction of sp³-hybridized carbons (Fsp3) is 0. The average Bonchev–Trinajstić information content (AvgIpc) is 3.69. The highest BCUT2D eigenvalue weighted by Crippen LogP contribution is 2.42. The minimum atomic E-state index is -2.52. The number of nitrogens with zero attached hydrogens (tertiary/aromatic N) is 6. The molecule has 8 aromatic carbocycles. The van der Waals surface area contributed by atoms with Crippen LogP contribution in [0.25, 0.3) is 87.4 Å². The van der Waals surface area contributed by atoms with Crippen LogP contribution in [-0.4, -0.2) is 9.97 Å². The number of hydrogen-bond acceptors (Lipinski definition) is 6. The first-order chi connectivity index (χ1) is 28.5. The van der Waals surface area contributed by atoms with Crippen LogP contribution in [-0.2, 0) is 0 Å². The fourth-order valence-electron chi connectivity index (χ4n) is 7.40. The van der Waals surface area contributed by atoms with Gasteiger partial charge in [-0.1, -0.05) is 24.3 Å². The van der Waals surface area contributed by atoms with Crippen LogP contribution in [0.5, 0.6) is 0 Å². The van der Waals surface area contributed by atoms with Crippen LogP contribution in [0.15, 0.2) is 46.4 Å². The summed E-state index contributed by atoms with van der Waals surface area (Å²) in [5.74, 6) is -32.4. The predicted molar refractivity (Wildman–Crippen MR) is 182 cm³/mol. The van der Waals surface area contributed by atoms with E-state index in [9.17, 15) is 45.6 Å². The molecule has 0 unspecified atom stereocenters. The normalized spacial score (nSPS) is 12.7. The first-order valence-electron chi connectivity index (χ1n) is 16.4. The van der Waals surface area contributed by atoms with Crippen molar-refractivity contribution in [2.45, 2.75) is 0 Å². The van der Waals surface area contributed by atoms with Crippen LogP contribution in [0.4, 0.5) is 61.5 Å². The third kappa shape index (κ3) is 4.75. The SMILES string of the molecule is N#C/N=c1\c2cc(-c3c(F)c(F)c4c(F)c(F)c(F)c(F)c4c3F)ccc2c2nc3/c(=N/C#N)c4cc(-c5c(F)c(F)c6c(F)c(F)c(F)c(F)c6c5F)ccc4c3nc12. The summed E-state index contributed by atoms with van der Waals surface area (Å²) in [7, 11) is 0. The van der Waals surface area contributed by atoms with Crippen LogP contribution >= 0.6 is 0 Å². The van der Waals surface area contributed by atoms with Crippen molar-refractivity contribution in [1.29, 1.82) is 10.5 Å². The van der Waals surface area contributed by atoms with Crippen LogP contribution in [0.3, 0.4) is 0 Å². The van der Waals surface area contributed by atoms with Crippen molar-refractivity contribution in [3.05, 3.63) is 129 Å². The molecule has 0 fully saturated rings. The second-order valence-corrected chi connectivity index (χ2v) is 12.9. The second kappa shape index (κ2) is 12.9. The molecule has 6 nitrogen and oxygen atoms in total. The number of halogens is 14. The van der Waals surface area contributed by atoms with E-state index in [0.29, 0.717) is 0 Å². The minimum Gasteiger partial charge on any atom is -0.241 e. The van der Waals surface area contributed by atoms with Gasteiger partial charge in [-0.25, -0.2) is 71.4 Å². The van der Waals surface area contributed by atoms with Crippen molar-refractivity contribution in [1.82, 2.24) is 9.97 Å². The van der Waals surface area contributed by atoms with E-state index in [1.807, 2.05) is 0 Å². The summed E-state index contributed by atoms with van der Waals surface area (Å²) in [5.41, 5.74) is -4.64. The Balaban J connectivity index is 1.31. The molecule has 0 aliphatic heterocycles. The van der Waals surface area contributed by atoms with E-state index < -0.39 is 125 Å². The van der Waals surface area contributed by atoms with Gasteiger partial charge in [-0.2, -0.15) is 20.5 Å². The van der Waals surface area contributed by atoms with Gasteiger partial charge in [0.15, 0.2) is 69.8 Å². The molecule has 0 spiro atoms. The molecule has 20 heteroatoms. The van der Waals surface area contributed by atoms with Crippen LogP contribution in [0, 0.1) is 104 Å². The zero-order chi connectivity index (χ0) is 43.0. The molecule has 0 amide bonds. The maximum Gasteiger partial charge on any atom is 0.206 e. The van der Waals surface area contributed by atoms with Crippen molar-refractivity contribution in [3.63, 3.8) is 0 Å². The van der Waals surface area contributed by atoms with E-state index in [2.05, 4.69) is 20.0 Å². The second-order valence-electron chi connectivity index (χ2n) is 12.9. The number of aromatic nitrogens is 2. The molecule has 9 rings (SSSR count). The van der Waals surface area contributed by atoms with E-state index in [-0.39, 0.29) is 54.3 Å². The number of hydrogen-bond donors (Lipinski definition) is 0. The smallest absolute Gasteiger partial charge is 0.206 e. The van der Waals surface area contributed by atoms with Crippen molar-refractivity contribution >= 4 is 65.2 Å². The summed E-state index contributed by atoms with van der Waals surface area (Å²) in [6.45, 7) is 0. The van der Waals surface area contributed by atoms with Crippen molar-refractivity contribution in [3.8, 4) is 34.6 Å². The standard InChI is InChI=1S/C40H6F14N6/c41-21-15(23(43)25(45)19-17(21)27(47)31(51)33(53)29(19)49)9-1-3-11-13(5-9)35(57-7-55)39-37(11)59-40-36(58-8-56)14-6-10(2-4-12(14)38(40)60-39)16-22(42)18-20(26(46)24(16)44)30(50)34(54)32(52)28(18)48/h1-6H/b57-35+,58-36+. The summed E-state index contributed by atoms with van der Waals surface area (Å²) < 4.78 is 207. The van der Waals surface area contributed by atoms with E-state index in [4.69, 9.17) is 0 Å². The summed E-state index contributed by atoms with van der Waals surface area (Å²) in [6.07, 6.45) is 2.99. The Labute approximate surface area is 320 Å². The average molecular weight is 837 g/mol. The van der Waals surface area contributed by atoms with Gasteiger partial charge in [0.1, 0.15) is 33.4 Å². The van der Waals surface area contributed by atoms with Gasteiger partial charge in [0.2, 0.25) is 12.4 Å². The molecule has 0 atom stereocenters. The molecule has 1 aromatic heterocycles. The molecule has 9 aromatic rings. The van der Waals surface area contributed by atoms with Gasteiger partial charge in [-0.15, -0.1) is 0 Å². The van der Waals surface area contributed by atoms with Crippen molar-refractivity contribution in [2.24, 2.45) is 9.98 Å². The van der Waals surface area contributed by atoms with Gasteiger partial charge < -0.3 is 0 Å². The first kappa shape index (κ1) is 37.8. The van der Waals surface area contributed by atoms with Gasteiger partial charge >= 0.3 is 0 Å². The molecule has 294 valence electrons. The Morgan fingerprint density at radius 2 is 0.650 bits per heavy atom. The Bertz CT molecular complexity index is 3500. The molecule has 60 heavy (non-hydrogen) atoms. The lowest BCUT2D eigenvalue weighted by Crippen LogP contribution is -2.06. The largest absolute Gasteiger partial charge is 0.241 e. The minimum absolute atomic E-state index is 0.00660. The third-order valence-corrected chi connectivity index (χ3v) is 9.98. The van der Waals surface area contributed by atoms with Crippen LogP contribution in [0.2, 0.25) is 0 Å². The van der Waals surface area contributed by atoms with E-state index in [0.717, 1.165) is 36.4 Å². The first-order valence-corrected chi connectivity index (χ1v) is 16.4. The van der Waals surface area contributed by atoms with Crippen molar-refractivity contribution < 1.29 is 61.5 Å². The van der Waals surface area contributed by atoms with Crippen molar-refractivity contribution in [2.75, 3.05) is 0 Å². The monoisotopic (exact) mass is 836 g/mol. The van der Waals surface area contributed by atoms with E-state index in [1.165, 1.54) is 12.4 Å². The lowest BCUT2D eigenvalue weighted by molar-refractivity contribution is 0.412. The van der Waals surface area contributed by atoms with Gasteiger partial charge in [-0.3, -0.25) is 0 Å². The number of fused-ring (bicyclic) bond motifs is 8. The summed E-state index contributed by atoms with van der Waals surface area (Å²) in [4.78, 5) is 16.4. The van der Waals surface area contributed by atoms with Gasteiger partial charge in [0.25, 0.3) is 0 Å². The highest BCUT2D eigenvalue weighted by atomic mass is 19.2. The maximum absolute atomic E-state index is 15.8. The van der Waals surface area contributed by atoms with Gasteiger partial charge in [0, 0.05) is 21.5 Å². The summed E-state index contributed by atoms with van der Waals surface area (Å²) in [6, 6.07) is 5.91. The highest BCUT2D eigenvalue weighted by Gasteiger charge is 2.33. The molecule has 1 heterocycles. The molecule has 0 aliphatic carbocycles. The predicted octanol–water partition coefficient (Wildman–Crippen LogP) is 10.3. The topological polar surface area (TPSA) is 98.1 Å². The lowest BCUT2D eigenvalue weighted by atomic mass is 9.96. The summed E-state index contributed by atoms with van der Waals surface area (Å²) in [5, 5.41) is 11.0. The number of nitriles is 2. The Hall–Kier alpha value is -7.74. The molecule has 0 bridgehead atoms. The van der Waals surface area contributed by atoms with Crippen LogP contribution in [0.1, 0.15) is 0 Å². The molecule has 0 radical (unpaired) electrons. The quantitative estimate of drug-likeness (QED) is 0.0750. The Morgan fingerprint density at radius 3 is 0.967 bits per heavy atom. The molecule has 0 N–H and O–H groups in total. The van der Waals surface area contributed by atoms with Gasteiger partial charge in [0.05, 0.1) is 43.7 Å². The molecule has 0 saturated heterocycles.